The summed E-state index contributed by atoms with van der Waals surface area (Å²) in [6.07, 6.45) is 7.17. The quantitative estimate of drug-likeness (QED) is 0.144. The Bertz CT molecular complexity index is 729. The zero-order chi connectivity index (χ0) is 23.7. The highest BCUT2D eigenvalue weighted by molar-refractivity contribution is 6.74. The highest BCUT2D eigenvalue weighted by Gasteiger charge is 2.37. The van der Waals surface area contributed by atoms with Gasteiger partial charge < -0.3 is 14.2 Å². The number of hydrogen-bond donors (Lipinski definition) is 0. The Morgan fingerprint density at radius 2 is 1.48 bits per heavy atom. The van der Waals surface area contributed by atoms with Crippen LogP contribution in [0.4, 0.5) is 0 Å². The number of rotatable bonds is 12. The van der Waals surface area contributed by atoms with Gasteiger partial charge in [0.2, 0.25) is 0 Å². The first kappa shape index (κ1) is 27.4. The van der Waals surface area contributed by atoms with Gasteiger partial charge in [0.1, 0.15) is 0 Å². The first-order valence-corrected chi connectivity index (χ1v) is 13.8. The van der Waals surface area contributed by atoms with Gasteiger partial charge in [0.05, 0.1) is 20.8 Å². The van der Waals surface area contributed by atoms with E-state index in [0.717, 1.165) is 24.0 Å². The van der Waals surface area contributed by atoms with Gasteiger partial charge in [-0.15, -0.1) is 0 Å². The first-order chi connectivity index (χ1) is 14.4. The molecule has 0 radical (unpaired) electrons. The number of hydrogen-bond acceptors (Lipinski definition) is 5. The van der Waals surface area contributed by atoms with Crippen LogP contribution >= 0.6 is 0 Å². The fourth-order valence-electron chi connectivity index (χ4n) is 2.73. The Balaban J connectivity index is 3.13. The number of allylic oxidation sites excluding steroid dienone is 4. The minimum atomic E-state index is -1.88. The van der Waals surface area contributed by atoms with Crippen molar-refractivity contribution in [1.82, 2.24) is 0 Å². The molecule has 0 amide bonds. The van der Waals surface area contributed by atoms with E-state index in [0.29, 0.717) is 24.5 Å². The molecule has 5 nitrogen and oxygen atoms in total. The summed E-state index contributed by atoms with van der Waals surface area (Å²) in [7, 11) is 1.12. The van der Waals surface area contributed by atoms with Crippen LogP contribution in [0, 0.1) is 0 Å². The predicted octanol–water partition coefficient (Wildman–Crippen LogP) is 7.32. The molecule has 0 aliphatic heterocycles. The average Bonchev–Trinajstić information content (AvgIpc) is 2.65. The van der Waals surface area contributed by atoms with Crippen LogP contribution < -0.4 is 9.78 Å². The van der Waals surface area contributed by atoms with Gasteiger partial charge in [-0.25, -0.2) is 0 Å². The molecule has 0 aliphatic rings. The average molecular weight is 451 g/mol. The Morgan fingerprint density at radius 1 is 0.935 bits per heavy atom. The molecule has 0 aromatic heterocycles. The van der Waals surface area contributed by atoms with E-state index in [2.05, 4.69) is 66.8 Å². The fourth-order valence-corrected chi connectivity index (χ4v) is 3.69. The second-order valence-electron chi connectivity index (χ2n) is 9.69. The van der Waals surface area contributed by atoms with E-state index in [1.54, 1.807) is 0 Å². The van der Waals surface area contributed by atoms with E-state index < -0.39 is 8.32 Å². The second-order valence-corrected chi connectivity index (χ2v) is 14.5. The van der Waals surface area contributed by atoms with Crippen LogP contribution in [0.15, 0.2) is 35.4 Å². The van der Waals surface area contributed by atoms with Crippen molar-refractivity contribution in [2.75, 3.05) is 14.2 Å². The molecule has 0 bridgehead atoms. The van der Waals surface area contributed by atoms with Gasteiger partial charge in [-0.05, 0) is 75.9 Å². The fraction of sp³-hybridized carbons (Fsp3) is 0.600. The third-order valence-corrected chi connectivity index (χ3v) is 10.2. The Labute approximate surface area is 190 Å². The lowest BCUT2D eigenvalue weighted by Gasteiger charge is -2.36. The molecule has 0 aliphatic carbocycles. The van der Waals surface area contributed by atoms with Gasteiger partial charge in [-0.3, -0.25) is 0 Å². The van der Waals surface area contributed by atoms with Crippen molar-refractivity contribution in [1.29, 1.82) is 0 Å². The predicted molar refractivity (Wildman–Crippen MR) is 130 cm³/mol. The summed E-state index contributed by atoms with van der Waals surface area (Å²) in [5.74, 6) is 1.22. The van der Waals surface area contributed by atoms with Crippen LogP contribution in [0.5, 0.6) is 11.5 Å². The van der Waals surface area contributed by atoms with Crippen molar-refractivity contribution in [2.24, 2.45) is 0 Å². The molecular weight excluding hydrogens is 408 g/mol. The van der Waals surface area contributed by atoms with Crippen LogP contribution in [-0.2, 0) is 27.2 Å². The van der Waals surface area contributed by atoms with Gasteiger partial charge in [0.15, 0.2) is 19.8 Å². The van der Waals surface area contributed by atoms with Crippen LogP contribution in [0.25, 0.3) is 0 Å². The van der Waals surface area contributed by atoms with E-state index in [1.165, 1.54) is 25.4 Å². The molecule has 0 saturated heterocycles. The minimum Gasteiger partial charge on any atom is -0.413 e. The summed E-state index contributed by atoms with van der Waals surface area (Å²) >= 11 is 0. The molecule has 0 N–H and O–H groups in total. The molecule has 0 spiro atoms. The Morgan fingerprint density at radius 3 is 1.94 bits per heavy atom. The molecule has 0 fully saturated rings. The SMILES string of the molecule is COOc1cc(CO[Si](C)(C)C(C)(C)C)cc(OOC)c1CC=C(C)CCC=C(C)C. The molecule has 0 heterocycles. The summed E-state index contributed by atoms with van der Waals surface area (Å²) in [5, 5.41) is 0.137. The standard InChI is InChI=1S/C25H42O5Si/c1-19(2)12-11-13-20(3)14-15-22-23(29-26-7)16-21(17-24(22)30-27-8)18-28-31(9,10)25(4,5)6/h12,14,16-17H,11,13,15,18H2,1-10H3. The maximum absolute atomic E-state index is 6.38. The molecule has 176 valence electrons. The van der Waals surface area contributed by atoms with Crippen molar-refractivity contribution in [3.05, 3.63) is 46.6 Å². The Kier molecular flexibility index (Phi) is 11.0. The summed E-state index contributed by atoms with van der Waals surface area (Å²) in [5.41, 5.74) is 4.49. The van der Waals surface area contributed by atoms with Crippen molar-refractivity contribution >= 4 is 8.32 Å². The van der Waals surface area contributed by atoms with Crippen molar-refractivity contribution < 1.29 is 24.0 Å². The maximum atomic E-state index is 6.38. The third-order valence-electron chi connectivity index (χ3n) is 5.73. The topological polar surface area (TPSA) is 46.2 Å². The number of benzene rings is 1. The second kappa shape index (κ2) is 12.4. The zero-order valence-electron chi connectivity index (χ0n) is 21.2. The summed E-state index contributed by atoms with van der Waals surface area (Å²) < 4.78 is 6.38. The van der Waals surface area contributed by atoms with E-state index in [1.807, 2.05) is 12.1 Å². The highest BCUT2D eigenvalue weighted by atomic mass is 28.4. The van der Waals surface area contributed by atoms with Gasteiger partial charge in [0, 0.05) is 5.56 Å². The highest BCUT2D eigenvalue weighted by Crippen LogP contribution is 2.38. The van der Waals surface area contributed by atoms with Crippen molar-refractivity contribution in [3.63, 3.8) is 0 Å². The zero-order valence-corrected chi connectivity index (χ0v) is 22.2. The Hall–Kier alpha value is -1.60. The largest absolute Gasteiger partial charge is 0.413 e. The maximum Gasteiger partial charge on any atom is 0.192 e. The van der Waals surface area contributed by atoms with Gasteiger partial charge in [0.25, 0.3) is 0 Å². The monoisotopic (exact) mass is 450 g/mol. The third kappa shape index (κ3) is 9.19. The van der Waals surface area contributed by atoms with Crippen molar-refractivity contribution in [3.8, 4) is 11.5 Å². The lowest BCUT2D eigenvalue weighted by molar-refractivity contribution is -0.185. The smallest absolute Gasteiger partial charge is 0.192 e. The lowest BCUT2D eigenvalue weighted by atomic mass is 10.0. The summed E-state index contributed by atoms with van der Waals surface area (Å²) in [6, 6.07) is 3.92. The molecule has 1 rings (SSSR count). The molecular formula is C25H42O5Si. The van der Waals surface area contributed by atoms with E-state index in [9.17, 15) is 0 Å². The van der Waals surface area contributed by atoms with Crippen LogP contribution in [0.3, 0.4) is 0 Å². The van der Waals surface area contributed by atoms with Crippen LogP contribution in [0.2, 0.25) is 18.1 Å². The molecule has 0 atom stereocenters. The van der Waals surface area contributed by atoms with Crippen LogP contribution in [-0.4, -0.2) is 22.5 Å². The molecule has 0 unspecified atom stereocenters. The summed E-state index contributed by atoms with van der Waals surface area (Å²) in [6.45, 7) is 18.0. The summed E-state index contributed by atoms with van der Waals surface area (Å²) in [4.78, 5) is 21.0. The van der Waals surface area contributed by atoms with E-state index in [4.69, 9.17) is 24.0 Å². The molecule has 0 saturated carbocycles. The van der Waals surface area contributed by atoms with Gasteiger partial charge >= 0.3 is 0 Å². The van der Waals surface area contributed by atoms with E-state index >= 15 is 0 Å². The van der Waals surface area contributed by atoms with Gasteiger partial charge in [-0.1, -0.05) is 44.1 Å². The molecule has 1 aromatic rings. The normalized spacial score (nSPS) is 12.6. The van der Waals surface area contributed by atoms with Gasteiger partial charge in [-0.2, -0.15) is 9.78 Å². The van der Waals surface area contributed by atoms with Crippen LogP contribution in [0.1, 0.15) is 65.5 Å². The molecule has 31 heavy (non-hydrogen) atoms. The lowest BCUT2D eigenvalue weighted by Crippen LogP contribution is -2.40. The first-order valence-electron chi connectivity index (χ1n) is 10.9. The molecule has 6 heteroatoms. The minimum absolute atomic E-state index is 0.137. The molecule has 1 aromatic carbocycles. The van der Waals surface area contributed by atoms with Crippen molar-refractivity contribution in [2.45, 2.75) is 85.5 Å². The van der Waals surface area contributed by atoms with E-state index in [-0.39, 0.29) is 5.04 Å².